The van der Waals surface area contributed by atoms with Crippen LogP contribution in [0.1, 0.15) is 32.6 Å². The first-order valence-corrected chi connectivity index (χ1v) is 6.93. The second kappa shape index (κ2) is 6.50. The highest BCUT2D eigenvalue weighted by atomic mass is 16.7. The summed E-state index contributed by atoms with van der Waals surface area (Å²) in [5.41, 5.74) is 5.40. The number of hydrogen-bond donors (Lipinski definition) is 1. The number of nitrogens with zero attached hydrogens (tertiary/aromatic N) is 1. The fourth-order valence-corrected chi connectivity index (χ4v) is 2.70. The van der Waals surface area contributed by atoms with Crippen molar-refractivity contribution in [1.29, 1.82) is 0 Å². The lowest BCUT2D eigenvalue weighted by Crippen LogP contribution is -2.46. The van der Waals surface area contributed by atoms with Gasteiger partial charge in [-0.25, -0.2) is 0 Å². The molecule has 0 spiro atoms. The molecule has 5 heteroatoms. The molecule has 2 aliphatic heterocycles. The van der Waals surface area contributed by atoms with Gasteiger partial charge in [0.15, 0.2) is 6.29 Å². The maximum Gasteiger partial charge on any atom is 0.221 e. The van der Waals surface area contributed by atoms with Crippen molar-refractivity contribution in [2.45, 2.75) is 44.9 Å². The maximum atomic E-state index is 11.3. The minimum absolute atomic E-state index is 0.00870. The number of rotatable bonds is 4. The Morgan fingerprint density at radius 2 is 2.06 bits per heavy atom. The summed E-state index contributed by atoms with van der Waals surface area (Å²) in [6.45, 7) is 5.49. The van der Waals surface area contributed by atoms with E-state index < -0.39 is 0 Å². The summed E-state index contributed by atoms with van der Waals surface area (Å²) >= 11 is 0. The van der Waals surface area contributed by atoms with E-state index in [4.69, 9.17) is 15.2 Å². The number of carbonyl (C=O) groups excluding carboxylic acids is 1. The molecular formula is C13H24N2O3. The summed E-state index contributed by atoms with van der Waals surface area (Å²) < 4.78 is 11.1. The third-order valence-corrected chi connectivity index (χ3v) is 3.96. The van der Waals surface area contributed by atoms with Gasteiger partial charge in [-0.05, 0) is 26.2 Å². The molecule has 2 unspecified atom stereocenters. The van der Waals surface area contributed by atoms with Gasteiger partial charge in [0.25, 0.3) is 0 Å². The Morgan fingerprint density at radius 1 is 1.33 bits per heavy atom. The van der Waals surface area contributed by atoms with E-state index in [1.807, 2.05) is 0 Å². The highest BCUT2D eigenvalue weighted by Gasteiger charge is 2.29. The zero-order chi connectivity index (χ0) is 13.0. The topological polar surface area (TPSA) is 64.8 Å². The van der Waals surface area contributed by atoms with Crippen LogP contribution in [-0.4, -0.2) is 49.4 Å². The first kappa shape index (κ1) is 13.8. The third-order valence-electron chi connectivity index (χ3n) is 3.96. The first-order chi connectivity index (χ1) is 8.66. The molecule has 0 radical (unpaired) electrons. The monoisotopic (exact) mass is 256 g/mol. The van der Waals surface area contributed by atoms with E-state index in [-0.39, 0.29) is 18.1 Å². The molecule has 0 saturated carbocycles. The number of carbonyl (C=O) groups is 1. The van der Waals surface area contributed by atoms with E-state index in [2.05, 4.69) is 11.8 Å². The van der Waals surface area contributed by atoms with Crippen molar-refractivity contribution in [3.05, 3.63) is 0 Å². The Labute approximate surface area is 109 Å². The summed E-state index contributed by atoms with van der Waals surface area (Å²) in [6, 6.07) is 0.518. The molecule has 2 N–H and O–H groups in total. The average Bonchev–Trinajstić information content (AvgIpc) is 2.38. The normalized spacial score (nSPS) is 31.4. The summed E-state index contributed by atoms with van der Waals surface area (Å²) in [5.74, 6) is -0.161. The number of nitrogens with two attached hydrogens (primary N) is 1. The molecule has 0 bridgehead atoms. The number of ether oxygens (including phenoxy) is 2. The van der Waals surface area contributed by atoms with Crippen molar-refractivity contribution in [1.82, 2.24) is 4.90 Å². The SMILES string of the molecule is CC1CCC(C(N)=O)CN1CCC1OCCCO1. The van der Waals surface area contributed by atoms with Crippen LogP contribution in [0.4, 0.5) is 0 Å². The van der Waals surface area contributed by atoms with Gasteiger partial charge >= 0.3 is 0 Å². The third kappa shape index (κ3) is 3.67. The Bertz CT molecular complexity index is 279. The van der Waals surface area contributed by atoms with Crippen LogP contribution in [0.2, 0.25) is 0 Å². The lowest BCUT2D eigenvalue weighted by molar-refractivity contribution is -0.183. The Morgan fingerprint density at radius 3 is 2.72 bits per heavy atom. The molecule has 1 amide bonds. The molecule has 2 atom stereocenters. The molecular weight excluding hydrogens is 232 g/mol. The molecule has 2 fully saturated rings. The molecule has 0 aromatic heterocycles. The van der Waals surface area contributed by atoms with E-state index in [0.717, 1.165) is 52.0 Å². The predicted octanol–water partition coefficient (Wildman–Crippen LogP) is 0.725. The van der Waals surface area contributed by atoms with Gasteiger partial charge in [0.1, 0.15) is 0 Å². The fourth-order valence-electron chi connectivity index (χ4n) is 2.70. The van der Waals surface area contributed by atoms with E-state index in [1.165, 1.54) is 0 Å². The van der Waals surface area contributed by atoms with Gasteiger partial charge in [0.05, 0.1) is 19.1 Å². The molecule has 2 aliphatic rings. The number of likely N-dealkylation sites (tertiary alicyclic amines) is 1. The zero-order valence-corrected chi connectivity index (χ0v) is 11.1. The highest BCUT2D eigenvalue weighted by Crippen LogP contribution is 2.22. The summed E-state index contributed by atoms with van der Waals surface area (Å²) in [7, 11) is 0. The quantitative estimate of drug-likeness (QED) is 0.805. The number of hydrogen-bond acceptors (Lipinski definition) is 4. The Kier molecular flexibility index (Phi) is 4.97. The second-order valence-electron chi connectivity index (χ2n) is 5.33. The van der Waals surface area contributed by atoms with E-state index in [1.54, 1.807) is 0 Å². The molecule has 0 aliphatic carbocycles. The standard InChI is InChI=1S/C13H24N2O3/c1-10-3-4-11(13(14)16)9-15(10)6-5-12-17-7-2-8-18-12/h10-12H,2-9H2,1H3,(H2,14,16). The van der Waals surface area contributed by atoms with E-state index >= 15 is 0 Å². The van der Waals surface area contributed by atoms with Crippen LogP contribution in [-0.2, 0) is 14.3 Å². The summed E-state index contributed by atoms with van der Waals surface area (Å²) in [4.78, 5) is 13.6. The largest absolute Gasteiger partial charge is 0.369 e. The van der Waals surface area contributed by atoms with E-state index in [9.17, 15) is 4.79 Å². The highest BCUT2D eigenvalue weighted by molar-refractivity contribution is 5.76. The molecule has 5 nitrogen and oxygen atoms in total. The molecule has 18 heavy (non-hydrogen) atoms. The van der Waals surface area contributed by atoms with E-state index in [0.29, 0.717) is 6.04 Å². The van der Waals surface area contributed by atoms with Crippen molar-refractivity contribution >= 4 is 5.91 Å². The molecule has 0 aromatic carbocycles. The van der Waals surface area contributed by atoms with Crippen molar-refractivity contribution in [2.75, 3.05) is 26.3 Å². The second-order valence-corrected chi connectivity index (χ2v) is 5.33. The van der Waals surface area contributed by atoms with Gasteiger partial charge in [-0.2, -0.15) is 0 Å². The van der Waals surface area contributed by atoms with Crippen LogP contribution in [0.15, 0.2) is 0 Å². The van der Waals surface area contributed by atoms with Crippen molar-refractivity contribution in [3.8, 4) is 0 Å². The molecule has 0 aromatic rings. The van der Waals surface area contributed by atoms with Crippen LogP contribution < -0.4 is 5.73 Å². The molecule has 104 valence electrons. The van der Waals surface area contributed by atoms with Crippen molar-refractivity contribution < 1.29 is 14.3 Å². The van der Waals surface area contributed by atoms with Gasteiger partial charge < -0.3 is 15.2 Å². The Balaban J connectivity index is 1.77. The molecule has 2 saturated heterocycles. The minimum Gasteiger partial charge on any atom is -0.369 e. The Hall–Kier alpha value is -0.650. The van der Waals surface area contributed by atoms with Gasteiger partial charge in [-0.3, -0.25) is 9.69 Å². The van der Waals surface area contributed by atoms with Gasteiger partial charge in [-0.1, -0.05) is 0 Å². The molecule has 2 heterocycles. The zero-order valence-electron chi connectivity index (χ0n) is 11.1. The van der Waals surface area contributed by atoms with Crippen molar-refractivity contribution in [3.63, 3.8) is 0 Å². The van der Waals surface area contributed by atoms with Crippen LogP contribution in [0.3, 0.4) is 0 Å². The molecule has 2 rings (SSSR count). The first-order valence-electron chi connectivity index (χ1n) is 6.93. The number of piperidine rings is 1. The predicted molar refractivity (Wildman–Crippen MR) is 67.9 cm³/mol. The van der Waals surface area contributed by atoms with Gasteiger partial charge in [0, 0.05) is 25.6 Å². The van der Waals surface area contributed by atoms with Crippen LogP contribution >= 0.6 is 0 Å². The van der Waals surface area contributed by atoms with Crippen LogP contribution in [0.5, 0.6) is 0 Å². The average molecular weight is 256 g/mol. The van der Waals surface area contributed by atoms with Crippen LogP contribution in [0, 0.1) is 5.92 Å². The maximum absolute atomic E-state index is 11.3. The number of amides is 1. The van der Waals surface area contributed by atoms with Crippen molar-refractivity contribution in [2.24, 2.45) is 11.7 Å². The summed E-state index contributed by atoms with van der Waals surface area (Å²) in [6.07, 6.45) is 3.75. The lowest BCUT2D eigenvalue weighted by atomic mass is 9.93. The number of primary amides is 1. The van der Waals surface area contributed by atoms with Gasteiger partial charge in [-0.15, -0.1) is 0 Å². The minimum atomic E-state index is -0.169. The van der Waals surface area contributed by atoms with Gasteiger partial charge in [0.2, 0.25) is 5.91 Å². The fraction of sp³-hybridized carbons (Fsp3) is 0.923. The smallest absolute Gasteiger partial charge is 0.221 e. The van der Waals surface area contributed by atoms with Crippen LogP contribution in [0.25, 0.3) is 0 Å². The summed E-state index contributed by atoms with van der Waals surface area (Å²) in [5, 5.41) is 0. The lowest BCUT2D eigenvalue weighted by Gasteiger charge is -2.37.